The van der Waals surface area contributed by atoms with Crippen LogP contribution in [0.15, 0.2) is 53.4 Å². The zero-order chi connectivity index (χ0) is 18.1. The van der Waals surface area contributed by atoms with Gasteiger partial charge in [0.15, 0.2) is 0 Å². The smallest absolute Gasteiger partial charge is 0.251 e. The quantitative estimate of drug-likeness (QED) is 0.619. The molecule has 0 aliphatic carbocycles. The number of benzene rings is 2. The summed E-state index contributed by atoms with van der Waals surface area (Å²) in [7, 11) is 0. The summed E-state index contributed by atoms with van der Waals surface area (Å²) in [6.07, 6.45) is 2.04. The van der Waals surface area contributed by atoms with E-state index in [0.29, 0.717) is 12.2 Å². The molecule has 0 heterocycles. The minimum absolute atomic E-state index is 0.0186. The van der Waals surface area contributed by atoms with Gasteiger partial charge in [-0.05, 0) is 50.6 Å². The first-order chi connectivity index (χ1) is 12.1. The summed E-state index contributed by atoms with van der Waals surface area (Å²) in [5, 5.41) is 3.06. The van der Waals surface area contributed by atoms with Gasteiger partial charge in [0.05, 0.1) is 6.61 Å². The Morgan fingerprint density at radius 2 is 1.92 bits per heavy atom. The summed E-state index contributed by atoms with van der Waals surface area (Å²) in [5.74, 6) is 1.60. The van der Waals surface area contributed by atoms with Crippen LogP contribution in [-0.4, -0.2) is 18.6 Å². The van der Waals surface area contributed by atoms with E-state index in [1.54, 1.807) is 11.8 Å². The van der Waals surface area contributed by atoms with Crippen molar-refractivity contribution in [2.75, 3.05) is 6.61 Å². The average molecular weight is 358 g/mol. The van der Waals surface area contributed by atoms with Crippen molar-refractivity contribution in [3.05, 3.63) is 59.7 Å². The van der Waals surface area contributed by atoms with E-state index in [1.165, 1.54) is 4.90 Å². The lowest BCUT2D eigenvalue weighted by atomic mass is 10.1. The zero-order valence-electron chi connectivity index (χ0n) is 15.2. The molecule has 134 valence electrons. The molecule has 25 heavy (non-hydrogen) atoms. The normalized spacial score (nSPS) is 11.8. The second-order valence-electron chi connectivity index (χ2n) is 6.02. The molecule has 0 bridgehead atoms. The Bertz CT molecular complexity index is 673. The molecule has 1 unspecified atom stereocenters. The fourth-order valence-corrected chi connectivity index (χ4v) is 3.52. The van der Waals surface area contributed by atoms with Gasteiger partial charge in [0, 0.05) is 27.8 Å². The highest BCUT2D eigenvalue weighted by molar-refractivity contribution is 7.98. The van der Waals surface area contributed by atoms with Crippen LogP contribution in [0.5, 0.6) is 5.75 Å². The van der Waals surface area contributed by atoms with Gasteiger partial charge >= 0.3 is 0 Å². The summed E-state index contributed by atoms with van der Waals surface area (Å²) in [4.78, 5) is 13.7. The van der Waals surface area contributed by atoms with E-state index >= 15 is 0 Å². The van der Waals surface area contributed by atoms with E-state index < -0.39 is 0 Å². The second kappa shape index (κ2) is 10.1. The Morgan fingerprint density at radius 1 is 1.16 bits per heavy atom. The van der Waals surface area contributed by atoms with Crippen molar-refractivity contribution in [1.82, 2.24) is 5.32 Å². The highest BCUT2D eigenvalue weighted by Crippen LogP contribution is 2.29. The molecule has 2 aromatic rings. The van der Waals surface area contributed by atoms with Gasteiger partial charge in [-0.25, -0.2) is 0 Å². The van der Waals surface area contributed by atoms with Gasteiger partial charge in [-0.15, -0.1) is 11.8 Å². The first-order valence-electron chi connectivity index (χ1n) is 8.88. The maximum Gasteiger partial charge on any atom is 0.251 e. The molecule has 0 saturated carbocycles. The standard InChI is InChI=1S/C21H27NO2S/c1-4-9-16(3)22-21(23)17-12-13-20(24-5-2)18(14-17)15-25-19-10-7-6-8-11-19/h6-8,10-14,16H,4-5,9,15H2,1-3H3,(H,22,23). The van der Waals surface area contributed by atoms with Crippen LogP contribution in [0.25, 0.3) is 0 Å². The highest BCUT2D eigenvalue weighted by Gasteiger charge is 2.13. The second-order valence-corrected chi connectivity index (χ2v) is 7.07. The van der Waals surface area contributed by atoms with Crippen molar-refractivity contribution < 1.29 is 9.53 Å². The lowest BCUT2D eigenvalue weighted by molar-refractivity contribution is 0.0938. The minimum atomic E-state index is -0.0186. The fourth-order valence-electron chi connectivity index (χ4n) is 2.62. The SMILES string of the molecule is CCCC(C)NC(=O)c1ccc(OCC)c(CSc2ccccc2)c1. The van der Waals surface area contributed by atoms with Crippen molar-refractivity contribution >= 4 is 17.7 Å². The van der Waals surface area contributed by atoms with Gasteiger partial charge < -0.3 is 10.1 Å². The molecule has 4 heteroatoms. The molecular formula is C21H27NO2S. The van der Waals surface area contributed by atoms with Crippen molar-refractivity contribution in [2.45, 2.75) is 50.3 Å². The molecule has 0 aliphatic heterocycles. The summed E-state index contributed by atoms with van der Waals surface area (Å²) in [5.41, 5.74) is 1.74. The molecular weight excluding hydrogens is 330 g/mol. The zero-order valence-corrected chi connectivity index (χ0v) is 16.1. The van der Waals surface area contributed by atoms with Crippen molar-refractivity contribution in [3.8, 4) is 5.75 Å². The molecule has 0 fully saturated rings. The highest BCUT2D eigenvalue weighted by atomic mass is 32.2. The maximum atomic E-state index is 12.5. The molecule has 2 rings (SSSR count). The van der Waals surface area contributed by atoms with E-state index in [2.05, 4.69) is 24.4 Å². The molecule has 0 aliphatic rings. The van der Waals surface area contributed by atoms with Crippen LogP contribution >= 0.6 is 11.8 Å². The largest absolute Gasteiger partial charge is 0.494 e. The molecule has 0 radical (unpaired) electrons. The van der Waals surface area contributed by atoms with E-state index in [1.807, 2.05) is 50.2 Å². The Morgan fingerprint density at radius 3 is 2.60 bits per heavy atom. The van der Waals surface area contributed by atoms with Crippen LogP contribution < -0.4 is 10.1 Å². The number of thioether (sulfide) groups is 1. The molecule has 1 atom stereocenters. The lowest BCUT2D eigenvalue weighted by Crippen LogP contribution is -2.32. The third-order valence-corrected chi connectivity index (χ3v) is 4.92. The third-order valence-electron chi connectivity index (χ3n) is 3.86. The first-order valence-corrected chi connectivity index (χ1v) is 9.87. The number of hydrogen-bond donors (Lipinski definition) is 1. The summed E-state index contributed by atoms with van der Waals surface area (Å²) in [6, 6.07) is 16.1. The van der Waals surface area contributed by atoms with Crippen molar-refractivity contribution in [2.24, 2.45) is 0 Å². The van der Waals surface area contributed by atoms with Crippen molar-refractivity contribution in [1.29, 1.82) is 0 Å². The van der Waals surface area contributed by atoms with Crippen LogP contribution in [0.4, 0.5) is 0 Å². The summed E-state index contributed by atoms with van der Waals surface area (Å²) in [6.45, 7) is 6.75. The third kappa shape index (κ3) is 6.13. The Balaban J connectivity index is 2.13. The first kappa shape index (κ1) is 19.4. The monoisotopic (exact) mass is 357 g/mol. The molecule has 1 amide bonds. The van der Waals surface area contributed by atoms with Gasteiger partial charge in [-0.1, -0.05) is 31.5 Å². The van der Waals surface area contributed by atoms with Crippen LogP contribution in [0, 0.1) is 0 Å². The number of nitrogens with one attached hydrogen (secondary N) is 1. The van der Waals surface area contributed by atoms with Gasteiger partial charge in [0.25, 0.3) is 5.91 Å². The topological polar surface area (TPSA) is 38.3 Å². The number of carbonyl (C=O) groups is 1. The van der Waals surface area contributed by atoms with E-state index in [-0.39, 0.29) is 11.9 Å². The van der Waals surface area contributed by atoms with E-state index in [0.717, 1.165) is 29.9 Å². The molecule has 0 saturated heterocycles. The number of rotatable bonds is 9. The number of carbonyl (C=O) groups excluding carboxylic acids is 1. The van der Waals surface area contributed by atoms with Crippen LogP contribution in [-0.2, 0) is 5.75 Å². The Hall–Kier alpha value is -1.94. The molecule has 0 aromatic heterocycles. The van der Waals surface area contributed by atoms with Gasteiger partial charge in [0.1, 0.15) is 5.75 Å². The molecule has 1 N–H and O–H groups in total. The Labute approximate surface area is 155 Å². The maximum absolute atomic E-state index is 12.5. The molecule has 3 nitrogen and oxygen atoms in total. The number of hydrogen-bond acceptors (Lipinski definition) is 3. The predicted octanol–water partition coefficient (Wildman–Crippen LogP) is 5.30. The van der Waals surface area contributed by atoms with Crippen LogP contribution in [0.1, 0.15) is 49.5 Å². The van der Waals surface area contributed by atoms with E-state index in [4.69, 9.17) is 4.74 Å². The lowest BCUT2D eigenvalue weighted by Gasteiger charge is -2.15. The van der Waals surface area contributed by atoms with Gasteiger partial charge in [-0.2, -0.15) is 0 Å². The van der Waals surface area contributed by atoms with Gasteiger partial charge in [0.2, 0.25) is 0 Å². The predicted molar refractivity (Wildman–Crippen MR) is 105 cm³/mol. The minimum Gasteiger partial charge on any atom is -0.494 e. The fraction of sp³-hybridized carbons (Fsp3) is 0.381. The number of ether oxygens (including phenoxy) is 1. The Kier molecular flexibility index (Phi) is 7.86. The van der Waals surface area contributed by atoms with E-state index in [9.17, 15) is 4.79 Å². The molecule has 0 spiro atoms. The molecule has 2 aromatic carbocycles. The summed E-state index contributed by atoms with van der Waals surface area (Å²) >= 11 is 1.74. The van der Waals surface area contributed by atoms with Crippen LogP contribution in [0.2, 0.25) is 0 Å². The van der Waals surface area contributed by atoms with Crippen LogP contribution in [0.3, 0.4) is 0 Å². The van der Waals surface area contributed by atoms with Crippen molar-refractivity contribution in [3.63, 3.8) is 0 Å². The average Bonchev–Trinajstić information content (AvgIpc) is 2.62. The number of amides is 1. The van der Waals surface area contributed by atoms with Gasteiger partial charge in [-0.3, -0.25) is 4.79 Å². The summed E-state index contributed by atoms with van der Waals surface area (Å²) < 4.78 is 5.73.